The fraction of sp³-hybridized carbons (Fsp3) is 0.238. The summed E-state index contributed by atoms with van der Waals surface area (Å²) in [5.41, 5.74) is 1.76. The van der Waals surface area contributed by atoms with Gasteiger partial charge in [-0.2, -0.15) is 0 Å². The predicted octanol–water partition coefficient (Wildman–Crippen LogP) is 4.40. The molecule has 1 aromatic heterocycles. The molecule has 4 rings (SSSR count). The molecule has 0 unspecified atom stereocenters. The number of anilines is 1. The Bertz CT molecular complexity index is 1080. The number of aromatic nitrogens is 1. The summed E-state index contributed by atoms with van der Waals surface area (Å²) in [6.45, 7) is 1.52. The summed E-state index contributed by atoms with van der Waals surface area (Å²) in [5, 5.41) is 0.695. The molecule has 1 aliphatic heterocycles. The number of carbonyl (C=O) groups is 1. The van der Waals surface area contributed by atoms with E-state index in [-0.39, 0.29) is 12.7 Å². The van der Waals surface area contributed by atoms with Crippen LogP contribution < -0.4 is 14.4 Å². The number of likely N-dealkylation sites (N-methyl/N-ethyl adjacent to an activating group) is 1. The number of halogens is 1. The second kappa shape index (κ2) is 8.52. The summed E-state index contributed by atoms with van der Waals surface area (Å²) in [4.78, 5) is 21.5. The van der Waals surface area contributed by atoms with Gasteiger partial charge in [0.05, 0.1) is 10.2 Å². The quantitative estimate of drug-likeness (QED) is 0.496. The van der Waals surface area contributed by atoms with Crippen LogP contribution in [0.1, 0.15) is 5.56 Å². The third-order valence-electron chi connectivity index (χ3n) is 4.42. The van der Waals surface area contributed by atoms with Gasteiger partial charge in [-0.1, -0.05) is 33.3 Å². The SMILES string of the molecule is CN(C)CCN(C(=O)C=Cc1ccc2c(c1)OCO2)c1nc2ccc(Br)cc2s1. The van der Waals surface area contributed by atoms with Gasteiger partial charge in [0.15, 0.2) is 16.6 Å². The minimum absolute atomic E-state index is 0.109. The average molecular weight is 474 g/mol. The molecule has 0 bridgehead atoms. The zero-order chi connectivity index (χ0) is 20.4. The van der Waals surface area contributed by atoms with Crippen LogP contribution in [0.2, 0.25) is 0 Å². The monoisotopic (exact) mass is 473 g/mol. The lowest BCUT2D eigenvalue weighted by Gasteiger charge is -2.20. The molecule has 1 aliphatic rings. The van der Waals surface area contributed by atoms with E-state index in [2.05, 4.69) is 20.9 Å². The Balaban J connectivity index is 1.58. The molecule has 0 saturated carbocycles. The largest absolute Gasteiger partial charge is 0.454 e. The van der Waals surface area contributed by atoms with Gasteiger partial charge in [-0.15, -0.1) is 0 Å². The molecule has 6 nitrogen and oxygen atoms in total. The van der Waals surface area contributed by atoms with Gasteiger partial charge in [0.25, 0.3) is 5.91 Å². The van der Waals surface area contributed by atoms with Crippen LogP contribution >= 0.6 is 27.3 Å². The number of carbonyl (C=O) groups excluding carboxylic acids is 1. The minimum Gasteiger partial charge on any atom is -0.454 e. The van der Waals surface area contributed by atoms with E-state index in [9.17, 15) is 4.79 Å². The maximum atomic E-state index is 13.0. The molecule has 0 radical (unpaired) electrons. The first kappa shape index (κ1) is 19.9. The van der Waals surface area contributed by atoms with Crippen LogP contribution in [0.4, 0.5) is 5.13 Å². The Kier molecular flexibility index (Phi) is 5.84. The molecule has 8 heteroatoms. The van der Waals surface area contributed by atoms with Crippen molar-refractivity contribution in [2.75, 3.05) is 38.9 Å². The first-order valence-corrected chi connectivity index (χ1v) is 10.7. The van der Waals surface area contributed by atoms with Crippen LogP contribution in [0.5, 0.6) is 11.5 Å². The highest BCUT2D eigenvalue weighted by Gasteiger charge is 2.18. The molecule has 29 heavy (non-hydrogen) atoms. The molecule has 0 N–H and O–H groups in total. The highest BCUT2D eigenvalue weighted by atomic mass is 79.9. The fourth-order valence-corrected chi connectivity index (χ4v) is 4.43. The molecular formula is C21H20BrN3O3S. The van der Waals surface area contributed by atoms with Crippen molar-refractivity contribution in [2.24, 2.45) is 0 Å². The van der Waals surface area contributed by atoms with Gasteiger partial charge in [0, 0.05) is 23.6 Å². The van der Waals surface area contributed by atoms with E-state index >= 15 is 0 Å². The number of rotatable bonds is 6. The maximum absolute atomic E-state index is 13.0. The third kappa shape index (κ3) is 4.60. The van der Waals surface area contributed by atoms with Crippen LogP contribution in [0.25, 0.3) is 16.3 Å². The van der Waals surface area contributed by atoms with Crippen molar-refractivity contribution in [3.8, 4) is 11.5 Å². The van der Waals surface area contributed by atoms with Gasteiger partial charge in [-0.05, 0) is 56.1 Å². The lowest BCUT2D eigenvalue weighted by Crippen LogP contribution is -2.35. The smallest absolute Gasteiger partial charge is 0.252 e. The molecule has 3 aromatic rings. The Labute approximate surface area is 181 Å². The number of benzene rings is 2. The van der Waals surface area contributed by atoms with Gasteiger partial charge in [-0.3, -0.25) is 9.69 Å². The third-order valence-corrected chi connectivity index (χ3v) is 5.96. The molecule has 2 heterocycles. The summed E-state index contributed by atoms with van der Waals surface area (Å²) < 4.78 is 12.8. The number of amides is 1. The number of thiazole rings is 1. The summed E-state index contributed by atoms with van der Waals surface area (Å²) in [5.74, 6) is 1.31. The van der Waals surface area contributed by atoms with E-state index in [1.54, 1.807) is 17.1 Å². The van der Waals surface area contributed by atoms with Gasteiger partial charge in [-0.25, -0.2) is 4.98 Å². The number of nitrogens with zero attached hydrogens (tertiary/aromatic N) is 3. The van der Waals surface area contributed by atoms with E-state index in [4.69, 9.17) is 9.47 Å². The summed E-state index contributed by atoms with van der Waals surface area (Å²) in [6, 6.07) is 11.5. The second-order valence-electron chi connectivity index (χ2n) is 6.85. The van der Waals surface area contributed by atoms with Crippen molar-refractivity contribution in [2.45, 2.75) is 0 Å². The summed E-state index contributed by atoms with van der Waals surface area (Å²) in [6.07, 6.45) is 3.37. The van der Waals surface area contributed by atoms with Gasteiger partial charge >= 0.3 is 0 Å². The standard InChI is InChI=1S/C21H20BrN3O3S/c1-24(2)9-10-25(21-23-16-6-5-15(22)12-19(16)29-21)20(26)8-4-14-3-7-17-18(11-14)28-13-27-17/h3-8,11-12H,9-10,13H2,1-2H3. The van der Waals surface area contributed by atoms with Crippen LogP contribution in [0.3, 0.4) is 0 Å². The lowest BCUT2D eigenvalue weighted by atomic mass is 10.2. The normalized spacial score (nSPS) is 13.0. The second-order valence-corrected chi connectivity index (χ2v) is 8.77. The van der Waals surface area contributed by atoms with E-state index in [0.29, 0.717) is 17.4 Å². The Hall–Kier alpha value is -2.42. The summed E-state index contributed by atoms with van der Waals surface area (Å²) in [7, 11) is 3.97. The molecule has 1 amide bonds. The van der Waals surface area contributed by atoms with Crippen molar-refractivity contribution in [3.05, 3.63) is 52.5 Å². The first-order chi connectivity index (χ1) is 14.0. The van der Waals surface area contributed by atoms with Crippen molar-refractivity contribution < 1.29 is 14.3 Å². The topological polar surface area (TPSA) is 54.9 Å². The Morgan fingerprint density at radius 3 is 2.83 bits per heavy atom. The molecule has 0 spiro atoms. The Morgan fingerprint density at radius 1 is 1.17 bits per heavy atom. The van der Waals surface area contributed by atoms with Crippen LogP contribution in [0, 0.1) is 0 Å². The van der Waals surface area contributed by atoms with Crippen molar-refractivity contribution in [3.63, 3.8) is 0 Å². The van der Waals surface area contributed by atoms with Crippen LogP contribution in [-0.4, -0.2) is 49.8 Å². The predicted molar refractivity (Wildman–Crippen MR) is 120 cm³/mol. The van der Waals surface area contributed by atoms with Crippen LogP contribution in [-0.2, 0) is 4.79 Å². The van der Waals surface area contributed by atoms with E-state index < -0.39 is 0 Å². The van der Waals surface area contributed by atoms with Crippen molar-refractivity contribution >= 4 is 54.6 Å². The number of ether oxygens (including phenoxy) is 2. The van der Waals surface area contributed by atoms with E-state index in [1.165, 1.54) is 11.3 Å². The molecular weight excluding hydrogens is 454 g/mol. The van der Waals surface area contributed by atoms with Crippen molar-refractivity contribution in [1.82, 2.24) is 9.88 Å². The lowest BCUT2D eigenvalue weighted by molar-refractivity contribution is -0.114. The molecule has 2 aromatic carbocycles. The number of fused-ring (bicyclic) bond motifs is 2. The zero-order valence-corrected chi connectivity index (χ0v) is 18.5. The molecule has 0 atom stereocenters. The first-order valence-electron chi connectivity index (χ1n) is 9.10. The zero-order valence-electron chi connectivity index (χ0n) is 16.1. The van der Waals surface area contributed by atoms with E-state index in [1.807, 2.05) is 55.4 Å². The maximum Gasteiger partial charge on any atom is 0.252 e. The highest BCUT2D eigenvalue weighted by Crippen LogP contribution is 2.33. The van der Waals surface area contributed by atoms with Gasteiger partial charge in [0.2, 0.25) is 6.79 Å². The minimum atomic E-state index is -0.109. The van der Waals surface area contributed by atoms with Crippen LogP contribution in [0.15, 0.2) is 46.9 Å². The highest BCUT2D eigenvalue weighted by molar-refractivity contribution is 9.10. The molecule has 0 saturated heterocycles. The Morgan fingerprint density at radius 2 is 2.00 bits per heavy atom. The number of hydrogen-bond donors (Lipinski definition) is 0. The van der Waals surface area contributed by atoms with Gasteiger partial charge < -0.3 is 14.4 Å². The fourth-order valence-electron chi connectivity index (χ4n) is 2.88. The molecule has 150 valence electrons. The van der Waals surface area contributed by atoms with Gasteiger partial charge in [0.1, 0.15) is 0 Å². The van der Waals surface area contributed by atoms with Crippen molar-refractivity contribution in [1.29, 1.82) is 0 Å². The summed E-state index contributed by atoms with van der Waals surface area (Å²) >= 11 is 5.00. The van der Waals surface area contributed by atoms with E-state index in [0.717, 1.165) is 32.5 Å². The molecule has 0 aliphatic carbocycles. The average Bonchev–Trinajstić information content (AvgIpc) is 3.32. The molecule has 0 fully saturated rings. The number of hydrogen-bond acceptors (Lipinski definition) is 6.